The topological polar surface area (TPSA) is 93.4 Å². The highest BCUT2D eigenvalue weighted by Gasteiger charge is 2.25. The second kappa shape index (κ2) is 10.1. The maximum atomic E-state index is 14.9. The minimum Gasteiger partial charge on any atom is -0.491 e. The van der Waals surface area contributed by atoms with E-state index in [1.165, 1.54) is 12.5 Å². The zero-order valence-electron chi connectivity index (χ0n) is 18.2. The molecule has 4 rings (SSSR count). The van der Waals surface area contributed by atoms with E-state index in [4.69, 9.17) is 10.5 Å². The van der Waals surface area contributed by atoms with E-state index in [-0.39, 0.29) is 27.0 Å². The van der Waals surface area contributed by atoms with E-state index < -0.39 is 17.5 Å². The molecule has 0 saturated carbocycles. The van der Waals surface area contributed by atoms with Crippen LogP contribution < -0.4 is 20.7 Å². The molecule has 1 saturated heterocycles. The molecule has 1 aliphatic rings. The highest BCUT2D eigenvalue weighted by atomic mass is 32.1. The van der Waals surface area contributed by atoms with Crippen molar-refractivity contribution in [2.45, 2.75) is 32.6 Å². The molecule has 33 heavy (non-hydrogen) atoms. The van der Waals surface area contributed by atoms with Crippen LogP contribution in [0.2, 0.25) is 0 Å². The first kappa shape index (κ1) is 22.9. The molecule has 1 fully saturated rings. The molecule has 0 radical (unpaired) electrons. The van der Waals surface area contributed by atoms with Gasteiger partial charge < -0.3 is 20.7 Å². The van der Waals surface area contributed by atoms with Crippen molar-refractivity contribution >= 4 is 33.6 Å². The van der Waals surface area contributed by atoms with Crippen LogP contribution in [-0.2, 0) is 0 Å². The van der Waals surface area contributed by atoms with E-state index in [1.807, 2.05) is 13.0 Å². The average molecular weight is 474 g/mol. The van der Waals surface area contributed by atoms with E-state index in [9.17, 15) is 13.6 Å². The molecule has 2 aromatic heterocycles. The van der Waals surface area contributed by atoms with E-state index >= 15 is 0 Å². The molecule has 3 aromatic rings. The standard InChI is InChI=1S/C23H25F2N5O2S/c1-2-12-32-17-7-6-14(24)18(19(17)25)23-29-20(21(26)33-23)22(31)28-15-13-27-9-8-16(15)30-10-4-3-5-11-30/h6-9,13H,2-5,10-12,26H2,1H3,(H,28,31). The molecule has 0 atom stereocenters. The van der Waals surface area contributed by atoms with E-state index in [0.717, 1.165) is 49.0 Å². The molecule has 0 unspecified atom stereocenters. The highest BCUT2D eigenvalue weighted by molar-refractivity contribution is 7.19. The maximum Gasteiger partial charge on any atom is 0.277 e. The molecule has 0 bridgehead atoms. The number of carbonyl (C=O) groups excluding carboxylic acids is 1. The summed E-state index contributed by atoms with van der Waals surface area (Å²) in [6.07, 6.45) is 7.26. The molecule has 3 N–H and O–H groups in total. The number of halogens is 2. The number of hydrogen-bond donors (Lipinski definition) is 2. The van der Waals surface area contributed by atoms with Crippen LogP contribution in [-0.4, -0.2) is 35.6 Å². The number of rotatable bonds is 7. The first-order valence-electron chi connectivity index (χ1n) is 10.9. The van der Waals surface area contributed by atoms with Crippen molar-refractivity contribution in [2.75, 3.05) is 35.6 Å². The summed E-state index contributed by atoms with van der Waals surface area (Å²) in [7, 11) is 0. The summed E-state index contributed by atoms with van der Waals surface area (Å²) in [6.45, 7) is 3.96. The smallest absolute Gasteiger partial charge is 0.277 e. The number of anilines is 3. The zero-order valence-corrected chi connectivity index (χ0v) is 19.1. The SMILES string of the molecule is CCCOc1ccc(F)c(-c2nc(C(=O)Nc3cnccc3N3CCCCC3)c(N)s2)c1F. The maximum absolute atomic E-state index is 14.9. The average Bonchev–Trinajstić information content (AvgIpc) is 3.21. The molecule has 10 heteroatoms. The normalized spacial score (nSPS) is 13.7. The molecule has 0 spiro atoms. The molecule has 3 heterocycles. The molecular formula is C23H25F2N5O2S. The molecule has 174 valence electrons. The molecule has 1 aromatic carbocycles. The van der Waals surface area contributed by atoms with Gasteiger partial charge in [0, 0.05) is 19.3 Å². The third-order valence-electron chi connectivity index (χ3n) is 5.34. The minimum absolute atomic E-state index is 0.0305. The van der Waals surface area contributed by atoms with E-state index in [2.05, 4.69) is 20.2 Å². The monoisotopic (exact) mass is 473 g/mol. The van der Waals surface area contributed by atoms with Crippen molar-refractivity contribution < 1.29 is 18.3 Å². The second-order valence-corrected chi connectivity index (χ2v) is 8.74. The summed E-state index contributed by atoms with van der Waals surface area (Å²) in [5, 5.41) is 2.84. The Morgan fingerprint density at radius 2 is 2.03 bits per heavy atom. The molecule has 1 aliphatic heterocycles. The van der Waals surface area contributed by atoms with E-state index in [1.54, 1.807) is 12.4 Å². The Morgan fingerprint density at radius 1 is 1.24 bits per heavy atom. The van der Waals surface area contributed by atoms with Gasteiger partial charge in [-0.2, -0.15) is 0 Å². The fraction of sp³-hybridized carbons (Fsp3) is 0.348. The number of nitrogens with one attached hydrogen (secondary N) is 1. The van der Waals surface area contributed by atoms with Gasteiger partial charge in [0.25, 0.3) is 5.91 Å². The molecular weight excluding hydrogens is 448 g/mol. The zero-order chi connectivity index (χ0) is 23.4. The fourth-order valence-corrected chi connectivity index (χ4v) is 4.60. The predicted molar refractivity (Wildman–Crippen MR) is 126 cm³/mol. The van der Waals surface area contributed by atoms with Gasteiger partial charge in [0.2, 0.25) is 0 Å². The third kappa shape index (κ3) is 4.90. The van der Waals surface area contributed by atoms with Crippen LogP contribution in [0.15, 0.2) is 30.6 Å². The summed E-state index contributed by atoms with van der Waals surface area (Å²) in [4.78, 5) is 23.5. The van der Waals surface area contributed by atoms with Gasteiger partial charge in [-0.1, -0.05) is 18.3 Å². The fourth-order valence-electron chi connectivity index (χ4n) is 3.73. The van der Waals surface area contributed by atoms with Crippen molar-refractivity contribution in [3.8, 4) is 16.3 Å². The molecule has 1 amide bonds. The number of hydrogen-bond acceptors (Lipinski definition) is 7. The van der Waals surface area contributed by atoms with Crippen molar-refractivity contribution in [1.82, 2.24) is 9.97 Å². The lowest BCUT2D eigenvalue weighted by Crippen LogP contribution is -2.30. The Morgan fingerprint density at radius 3 is 2.79 bits per heavy atom. The Kier molecular flexibility index (Phi) is 7.02. The summed E-state index contributed by atoms with van der Waals surface area (Å²) >= 11 is 0.844. The van der Waals surface area contributed by atoms with Crippen LogP contribution in [0.4, 0.5) is 25.2 Å². The number of nitrogens with zero attached hydrogens (tertiary/aromatic N) is 3. The first-order valence-corrected chi connectivity index (χ1v) is 11.7. The Bertz CT molecular complexity index is 1150. The number of pyridine rings is 1. The van der Waals surface area contributed by atoms with Crippen molar-refractivity contribution in [3.05, 3.63) is 47.9 Å². The van der Waals surface area contributed by atoms with Gasteiger partial charge in [-0.3, -0.25) is 9.78 Å². The number of thiazole rings is 1. The summed E-state index contributed by atoms with van der Waals surface area (Å²) in [5.41, 5.74) is 6.96. The predicted octanol–water partition coefficient (Wildman–Crippen LogP) is 5.10. The first-order chi connectivity index (χ1) is 16.0. The lowest BCUT2D eigenvalue weighted by Gasteiger charge is -2.30. The van der Waals surface area contributed by atoms with Crippen molar-refractivity contribution in [1.29, 1.82) is 0 Å². The van der Waals surface area contributed by atoms with Crippen molar-refractivity contribution in [2.24, 2.45) is 0 Å². The molecule has 0 aliphatic carbocycles. The van der Waals surface area contributed by atoms with Gasteiger partial charge >= 0.3 is 0 Å². The van der Waals surface area contributed by atoms with Crippen LogP contribution in [0.5, 0.6) is 5.75 Å². The largest absolute Gasteiger partial charge is 0.491 e. The summed E-state index contributed by atoms with van der Waals surface area (Å²) in [6, 6.07) is 4.20. The molecule has 7 nitrogen and oxygen atoms in total. The summed E-state index contributed by atoms with van der Waals surface area (Å²) < 4.78 is 34.8. The van der Waals surface area contributed by atoms with E-state index in [0.29, 0.717) is 18.7 Å². The summed E-state index contributed by atoms with van der Waals surface area (Å²) in [5.74, 6) is -2.32. The van der Waals surface area contributed by atoms with Crippen LogP contribution in [0, 0.1) is 11.6 Å². The van der Waals surface area contributed by atoms with Crippen LogP contribution in [0.25, 0.3) is 10.6 Å². The lowest BCUT2D eigenvalue weighted by molar-refractivity contribution is 0.102. The van der Waals surface area contributed by atoms with Crippen LogP contribution in [0.1, 0.15) is 43.1 Å². The lowest BCUT2D eigenvalue weighted by atomic mass is 10.1. The van der Waals surface area contributed by atoms with Crippen molar-refractivity contribution in [3.63, 3.8) is 0 Å². The Balaban J connectivity index is 1.61. The number of ether oxygens (including phenoxy) is 1. The van der Waals surface area contributed by atoms with Gasteiger partial charge in [-0.25, -0.2) is 13.8 Å². The third-order valence-corrected chi connectivity index (χ3v) is 6.24. The second-order valence-electron chi connectivity index (χ2n) is 7.71. The minimum atomic E-state index is -0.871. The van der Waals surface area contributed by atoms with Gasteiger partial charge in [-0.15, -0.1) is 0 Å². The number of piperidine rings is 1. The van der Waals surface area contributed by atoms with Crippen LogP contribution >= 0.6 is 11.3 Å². The van der Waals surface area contributed by atoms with Gasteiger partial charge in [-0.05, 0) is 43.9 Å². The number of amides is 1. The number of carbonyl (C=O) groups is 1. The number of nitrogen functional groups attached to an aromatic ring is 1. The Hall–Kier alpha value is -3.27. The Labute approximate surface area is 194 Å². The number of aromatic nitrogens is 2. The number of nitrogens with two attached hydrogens (primary N) is 1. The van der Waals surface area contributed by atoms with Crippen LogP contribution in [0.3, 0.4) is 0 Å². The van der Waals surface area contributed by atoms with Gasteiger partial charge in [0.05, 0.1) is 29.7 Å². The quantitative estimate of drug-likeness (QED) is 0.496. The highest BCUT2D eigenvalue weighted by Crippen LogP contribution is 2.37. The van der Waals surface area contributed by atoms with Gasteiger partial charge in [0.1, 0.15) is 15.8 Å². The van der Waals surface area contributed by atoms with Gasteiger partial charge in [0.15, 0.2) is 17.3 Å². The number of benzene rings is 1.